The molecular weight excluding hydrogens is 302 g/mol. The minimum absolute atomic E-state index is 0.104. The van der Waals surface area contributed by atoms with E-state index >= 15 is 0 Å². The van der Waals surface area contributed by atoms with Crippen molar-refractivity contribution in [3.8, 4) is 5.75 Å². The van der Waals surface area contributed by atoms with Crippen molar-refractivity contribution < 1.29 is 9.53 Å². The summed E-state index contributed by atoms with van der Waals surface area (Å²) in [6.45, 7) is 3.35. The van der Waals surface area contributed by atoms with Crippen LogP contribution in [-0.2, 0) is 11.3 Å². The molecule has 0 spiro atoms. The third-order valence-electron chi connectivity index (χ3n) is 3.19. The number of carbonyl (C=O) groups is 1. The molecule has 2 rings (SSSR count). The summed E-state index contributed by atoms with van der Waals surface area (Å²) >= 11 is 5.91. The van der Waals surface area contributed by atoms with Gasteiger partial charge < -0.3 is 14.6 Å². The number of aryl methyl sites for hydroxylation is 1. The highest BCUT2D eigenvalue weighted by molar-refractivity contribution is 6.30. The van der Waals surface area contributed by atoms with Gasteiger partial charge in [-0.1, -0.05) is 24.6 Å². The smallest absolute Gasteiger partial charge is 0.261 e. The van der Waals surface area contributed by atoms with Crippen molar-refractivity contribution in [2.75, 3.05) is 6.54 Å². The topological polar surface area (TPSA) is 56.1 Å². The zero-order chi connectivity index (χ0) is 15.8. The minimum Gasteiger partial charge on any atom is -0.481 e. The highest BCUT2D eigenvalue weighted by atomic mass is 35.5. The molecule has 0 fully saturated rings. The molecule has 118 valence electrons. The number of imidazole rings is 1. The van der Waals surface area contributed by atoms with Gasteiger partial charge >= 0.3 is 0 Å². The first kappa shape index (κ1) is 16.4. The van der Waals surface area contributed by atoms with Gasteiger partial charge in [0.15, 0.2) is 6.10 Å². The molecule has 0 aliphatic carbocycles. The molecule has 6 heteroatoms. The van der Waals surface area contributed by atoms with E-state index in [0.29, 0.717) is 23.7 Å². The van der Waals surface area contributed by atoms with Gasteiger partial charge in [-0.2, -0.15) is 0 Å². The fraction of sp³-hybridized carbons (Fsp3) is 0.375. The molecule has 1 aromatic carbocycles. The Morgan fingerprint density at radius 2 is 2.36 bits per heavy atom. The van der Waals surface area contributed by atoms with E-state index in [4.69, 9.17) is 16.3 Å². The number of aromatic nitrogens is 2. The fourth-order valence-corrected chi connectivity index (χ4v) is 2.21. The van der Waals surface area contributed by atoms with Crippen molar-refractivity contribution in [3.05, 3.63) is 48.0 Å². The van der Waals surface area contributed by atoms with Crippen LogP contribution >= 0.6 is 11.6 Å². The lowest BCUT2D eigenvalue weighted by Gasteiger charge is -2.17. The van der Waals surface area contributed by atoms with E-state index in [1.165, 1.54) is 0 Å². The van der Waals surface area contributed by atoms with Crippen molar-refractivity contribution in [2.45, 2.75) is 32.4 Å². The SMILES string of the molecule is CC[C@@H](Oc1cccc(Cl)c1)C(=O)NCCCn1ccnc1. The molecule has 0 bridgehead atoms. The van der Waals surface area contributed by atoms with E-state index in [1.807, 2.05) is 17.7 Å². The van der Waals surface area contributed by atoms with Crippen molar-refractivity contribution in [3.63, 3.8) is 0 Å². The number of rotatable bonds is 8. The quantitative estimate of drug-likeness (QED) is 0.761. The minimum atomic E-state index is -0.508. The van der Waals surface area contributed by atoms with E-state index in [-0.39, 0.29) is 5.91 Å². The first-order chi connectivity index (χ1) is 10.7. The molecule has 1 amide bonds. The van der Waals surface area contributed by atoms with Crippen LogP contribution in [0.25, 0.3) is 0 Å². The van der Waals surface area contributed by atoms with Crippen molar-refractivity contribution in [1.29, 1.82) is 0 Å². The lowest BCUT2D eigenvalue weighted by atomic mass is 10.2. The number of nitrogens with one attached hydrogen (secondary N) is 1. The maximum atomic E-state index is 12.1. The van der Waals surface area contributed by atoms with Crippen LogP contribution < -0.4 is 10.1 Å². The molecule has 22 heavy (non-hydrogen) atoms. The third-order valence-corrected chi connectivity index (χ3v) is 3.42. The first-order valence-corrected chi connectivity index (χ1v) is 7.72. The molecular formula is C16H20ClN3O2. The van der Waals surface area contributed by atoms with Gasteiger partial charge in [0.25, 0.3) is 5.91 Å². The summed E-state index contributed by atoms with van der Waals surface area (Å²) < 4.78 is 7.68. The molecule has 0 unspecified atom stereocenters. The Hall–Kier alpha value is -2.01. The molecule has 1 aromatic heterocycles. The first-order valence-electron chi connectivity index (χ1n) is 7.34. The van der Waals surface area contributed by atoms with Gasteiger partial charge in [0, 0.05) is 30.5 Å². The number of carbonyl (C=O) groups excluding carboxylic acids is 1. The number of hydrogen-bond acceptors (Lipinski definition) is 3. The Morgan fingerprint density at radius 1 is 1.50 bits per heavy atom. The van der Waals surface area contributed by atoms with Gasteiger partial charge in [-0.3, -0.25) is 4.79 Å². The average Bonchev–Trinajstić information content (AvgIpc) is 3.02. The van der Waals surface area contributed by atoms with Gasteiger partial charge in [-0.15, -0.1) is 0 Å². The Labute approximate surface area is 135 Å². The standard InChI is InChI=1S/C16H20ClN3O2/c1-2-15(22-14-6-3-5-13(17)11-14)16(21)19-7-4-9-20-10-8-18-12-20/h3,5-6,8,10-12,15H,2,4,7,9H2,1H3,(H,19,21)/t15-/m1/s1. The predicted octanol–water partition coefficient (Wildman–Crippen LogP) is 2.90. The number of amides is 1. The Bertz CT molecular complexity index is 587. The lowest BCUT2D eigenvalue weighted by Crippen LogP contribution is -2.38. The molecule has 0 saturated heterocycles. The Balaban J connectivity index is 1.76. The second-order valence-corrected chi connectivity index (χ2v) is 5.35. The molecule has 0 saturated carbocycles. The van der Waals surface area contributed by atoms with Gasteiger partial charge in [0.2, 0.25) is 0 Å². The van der Waals surface area contributed by atoms with Crippen LogP contribution in [-0.4, -0.2) is 28.1 Å². The molecule has 2 aromatic rings. The van der Waals surface area contributed by atoms with Gasteiger partial charge in [0.05, 0.1) is 6.33 Å². The molecule has 1 atom stereocenters. The summed E-state index contributed by atoms with van der Waals surface area (Å²) in [6, 6.07) is 7.07. The largest absolute Gasteiger partial charge is 0.481 e. The second-order valence-electron chi connectivity index (χ2n) is 4.92. The number of nitrogens with zero attached hydrogens (tertiary/aromatic N) is 2. The molecule has 5 nitrogen and oxygen atoms in total. The van der Waals surface area contributed by atoms with E-state index in [2.05, 4.69) is 10.3 Å². The van der Waals surface area contributed by atoms with E-state index < -0.39 is 6.10 Å². The van der Waals surface area contributed by atoms with Gasteiger partial charge in [0.1, 0.15) is 5.75 Å². The van der Waals surface area contributed by atoms with Gasteiger partial charge in [-0.05, 0) is 31.0 Å². The summed E-state index contributed by atoms with van der Waals surface area (Å²) in [5, 5.41) is 3.49. The molecule has 1 N–H and O–H groups in total. The fourth-order valence-electron chi connectivity index (χ4n) is 2.03. The normalized spacial score (nSPS) is 11.9. The summed E-state index contributed by atoms with van der Waals surface area (Å²) in [6.07, 6.45) is 6.34. The Kier molecular flexibility index (Phi) is 6.27. The summed E-state index contributed by atoms with van der Waals surface area (Å²) in [5.41, 5.74) is 0. The van der Waals surface area contributed by atoms with Crippen LogP contribution in [0.5, 0.6) is 5.75 Å². The number of benzene rings is 1. The van der Waals surface area contributed by atoms with Crippen LogP contribution in [0, 0.1) is 0 Å². The molecule has 0 aliphatic heterocycles. The van der Waals surface area contributed by atoms with Crippen LogP contribution in [0.15, 0.2) is 43.0 Å². The lowest BCUT2D eigenvalue weighted by molar-refractivity contribution is -0.128. The van der Waals surface area contributed by atoms with E-state index in [9.17, 15) is 4.79 Å². The van der Waals surface area contributed by atoms with Crippen LogP contribution in [0.1, 0.15) is 19.8 Å². The van der Waals surface area contributed by atoms with E-state index in [0.717, 1.165) is 13.0 Å². The zero-order valence-corrected chi connectivity index (χ0v) is 13.3. The molecule has 0 aliphatic rings. The zero-order valence-electron chi connectivity index (χ0n) is 12.5. The second kappa shape index (κ2) is 8.44. The molecule has 1 heterocycles. The molecule has 0 radical (unpaired) electrons. The number of ether oxygens (including phenoxy) is 1. The summed E-state index contributed by atoms with van der Waals surface area (Å²) in [4.78, 5) is 16.1. The summed E-state index contributed by atoms with van der Waals surface area (Å²) in [7, 11) is 0. The summed E-state index contributed by atoms with van der Waals surface area (Å²) in [5.74, 6) is 0.501. The highest BCUT2D eigenvalue weighted by Gasteiger charge is 2.17. The maximum absolute atomic E-state index is 12.1. The van der Waals surface area contributed by atoms with Crippen LogP contribution in [0.3, 0.4) is 0 Å². The third kappa shape index (κ3) is 5.07. The predicted molar refractivity (Wildman–Crippen MR) is 86.0 cm³/mol. The van der Waals surface area contributed by atoms with Crippen LogP contribution in [0.4, 0.5) is 0 Å². The Morgan fingerprint density at radius 3 is 3.05 bits per heavy atom. The number of hydrogen-bond donors (Lipinski definition) is 1. The maximum Gasteiger partial charge on any atom is 0.261 e. The monoisotopic (exact) mass is 321 g/mol. The van der Waals surface area contributed by atoms with Crippen molar-refractivity contribution in [1.82, 2.24) is 14.9 Å². The van der Waals surface area contributed by atoms with Crippen molar-refractivity contribution in [2.24, 2.45) is 0 Å². The average molecular weight is 322 g/mol. The van der Waals surface area contributed by atoms with Crippen molar-refractivity contribution >= 4 is 17.5 Å². The van der Waals surface area contributed by atoms with E-state index in [1.54, 1.807) is 36.8 Å². The number of halogens is 1. The van der Waals surface area contributed by atoms with Gasteiger partial charge in [-0.25, -0.2) is 4.98 Å². The van der Waals surface area contributed by atoms with Crippen LogP contribution in [0.2, 0.25) is 5.02 Å². The highest BCUT2D eigenvalue weighted by Crippen LogP contribution is 2.19.